The summed E-state index contributed by atoms with van der Waals surface area (Å²) in [6.07, 6.45) is 2.24. The number of rotatable bonds is 6. The van der Waals surface area contributed by atoms with Crippen molar-refractivity contribution in [1.29, 1.82) is 0 Å². The summed E-state index contributed by atoms with van der Waals surface area (Å²) >= 11 is 0. The second-order valence-corrected chi connectivity index (χ2v) is 7.73. The van der Waals surface area contributed by atoms with E-state index in [1.807, 2.05) is 4.90 Å². The summed E-state index contributed by atoms with van der Waals surface area (Å²) in [6.45, 7) is 0.468. The minimum atomic E-state index is -4.39. The van der Waals surface area contributed by atoms with Crippen LogP contribution >= 0.6 is 0 Å². The topological polar surface area (TPSA) is 78.9 Å². The second kappa shape index (κ2) is 9.99. The van der Waals surface area contributed by atoms with E-state index in [2.05, 4.69) is 25.3 Å². The number of aromatic nitrogens is 1. The molecule has 1 aromatic heterocycles. The first-order chi connectivity index (χ1) is 14.3. The first-order valence-corrected chi connectivity index (χ1v) is 10.2. The fourth-order valence-electron chi connectivity index (χ4n) is 3.84. The molecule has 0 bridgehead atoms. The summed E-state index contributed by atoms with van der Waals surface area (Å²) in [7, 11) is 1.66. The zero-order valence-corrected chi connectivity index (χ0v) is 17.0. The van der Waals surface area contributed by atoms with Crippen molar-refractivity contribution in [2.45, 2.75) is 50.9 Å². The van der Waals surface area contributed by atoms with E-state index in [-0.39, 0.29) is 23.7 Å². The number of aliphatic imine (C=N–C) groups is 1. The zero-order valence-electron chi connectivity index (χ0n) is 17.0. The van der Waals surface area contributed by atoms with Crippen LogP contribution in [-0.4, -0.2) is 60.7 Å². The quantitative estimate of drug-likeness (QED) is 0.539. The average Bonchev–Trinajstić information content (AvgIpc) is 3.41. The molecule has 0 spiro atoms. The molecule has 10 heteroatoms. The molecule has 7 nitrogen and oxygen atoms in total. The molecule has 2 fully saturated rings. The predicted molar refractivity (Wildman–Crippen MR) is 106 cm³/mol. The summed E-state index contributed by atoms with van der Waals surface area (Å²) in [5.74, 6) is 1.000. The van der Waals surface area contributed by atoms with E-state index in [1.54, 1.807) is 13.1 Å². The van der Waals surface area contributed by atoms with E-state index in [0.717, 1.165) is 44.2 Å². The van der Waals surface area contributed by atoms with Gasteiger partial charge in [0.25, 0.3) is 0 Å². The van der Waals surface area contributed by atoms with Crippen molar-refractivity contribution in [1.82, 2.24) is 20.5 Å². The normalized spacial score (nSPS) is 20.5. The molecule has 1 unspecified atom stereocenters. The molecule has 1 aliphatic carbocycles. The van der Waals surface area contributed by atoms with Gasteiger partial charge in [-0.3, -0.25) is 9.79 Å². The highest BCUT2D eigenvalue weighted by atomic mass is 19.4. The molecule has 3 rings (SSSR count). The summed E-state index contributed by atoms with van der Waals surface area (Å²) in [5, 5.41) is 6.50. The fourth-order valence-corrected chi connectivity index (χ4v) is 3.84. The molecule has 30 heavy (non-hydrogen) atoms. The largest absolute Gasteiger partial charge is 0.468 e. The number of hydrogen-bond donors (Lipinski definition) is 2. The van der Waals surface area contributed by atoms with Crippen LogP contribution in [0.1, 0.15) is 37.7 Å². The molecule has 1 saturated heterocycles. The number of halogens is 3. The van der Waals surface area contributed by atoms with Crippen molar-refractivity contribution >= 4 is 11.9 Å². The number of hydrogen-bond acceptors (Lipinski definition) is 4. The lowest BCUT2D eigenvalue weighted by atomic mass is 10.1. The van der Waals surface area contributed by atoms with E-state index in [4.69, 9.17) is 0 Å². The van der Waals surface area contributed by atoms with E-state index in [1.165, 1.54) is 12.3 Å². The third-order valence-corrected chi connectivity index (χ3v) is 5.41. The van der Waals surface area contributed by atoms with Crippen LogP contribution in [-0.2, 0) is 11.3 Å². The van der Waals surface area contributed by atoms with Crippen LogP contribution in [0.4, 0.5) is 13.2 Å². The van der Waals surface area contributed by atoms with Gasteiger partial charge in [0.1, 0.15) is 0 Å². The average molecular weight is 427 g/mol. The number of ether oxygens (including phenoxy) is 1. The SMILES string of the molecule is CN=C(NCc1ccc(OCC(F)(F)F)nc1)NC1CCN(C(=O)C2CCCC2)C1. The molecule has 1 atom stereocenters. The van der Waals surface area contributed by atoms with E-state index in [0.29, 0.717) is 19.0 Å². The Hall–Kier alpha value is -2.52. The summed E-state index contributed by atoms with van der Waals surface area (Å²) in [6, 6.07) is 3.19. The van der Waals surface area contributed by atoms with Gasteiger partial charge < -0.3 is 20.3 Å². The van der Waals surface area contributed by atoms with Crippen molar-refractivity contribution in [3.05, 3.63) is 23.9 Å². The Morgan fingerprint density at radius 2 is 2.07 bits per heavy atom. The number of carbonyl (C=O) groups excluding carboxylic acids is 1. The number of nitrogens with zero attached hydrogens (tertiary/aromatic N) is 3. The zero-order chi connectivity index (χ0) is 21.6. The van der Waals surface area contributed by atoms with Crippen LogP contribution in [0.15, 0.2) is 23.3 Å². The van der Waals surface area contributed by atoms with Gasteiger partial charge in [0, 0.05) is 50.9 Å². The highest BCUT2D eigenvalue weighted by Crippen LogP contribution is 2.27. The minimum absolute atomic E-state index is 0.0726. The van der Waals surface area contributed by atoms with E-state index >= 15 is 0 Å². The molecule has 2 aliphatic rings. The smallest absolute Gasteiger partial charge is 0.422 e. The molecular formula is C20H28F3N5O2. The van der Waals surface area contributed by atoms with Gasteiger partial charge in [-0.05, 0) is 24.8 Å². The summed E-state index contributed by atoms with van der Waals surface area (Å²) in [5.41, 5.74) is 0.779. The predicted octanol–water partition coefficient (Wildman–Crippen LogP) is 2.48. The number of guanidine groups is 1. The van der Waals surface area contributed by atoms with Crippen molar-refractivity contribution in [3.63, 3.8) is 0 Å². The Bertz CT molecular complexity index is 733. The van der Waals surface area contributed by atoms with Gasteiger partial charge in [0.05, 0.1) is 0 Å². The van der Waals surface area contributed by atoms with Crippen LogP contribution in [0, 0.1) is 5.92 Å². The maximum atomic E-state index is 12.6. The van der Waals surface area contributed by atoms with Crippen LogP contribution in [0.5, 0.6) is 5.88 Å². The third kappa shape index (κ3) is 6.50. The molecule has 1 aliphatic heterocycles. The van der Waals surface area contributed by atoms with Crippen molar-refractivity contribution < 1.29 is 22.7 Å². The maximum absolute atomic E-state index is 12.6. The number of carbonyl (C=O) groups is 1. The molecular weight excluding hydrogens is 399 g/mol. The van der Waals surface area contributed by atoms with Gasteiger partial charge in [-0.15, -0.1) is 0 Å². The first-order valence-electron chi connectivity index (χ1n) is 10.2. The van der Waals surface area contributed by atoms with Gasteiger partial charge >= 0.3 is 6.18 Å². The molecule has 0 aromatic carbocycles. The van der Waals surface area contributed by atoms with Gasteiger partial charge in [0.15, 0.2) is 12.6 Å². The van der Waals surface area contributed by atoms with Crippen LogP contribution in [0.25, 0.3) is 0 Å². The van der Waals surface area contributed by atoms with Gasteiger partial charge in [-0.25, -0.2) is 4.98 Å². The van der Waals surface area contributed by atoms with Crippen molar-refractivity contribution in [2.75, 3.05) is 26.7 Å². The number of amides is 1. The molecule has 1 saturated carbocycles. The number of nitrogens with one attached hydrogen (secondary N) is 2. The van der Waals surface area contributed by atoms with Crippen molar-refractivity contribution in [3.8, 4) is 5.88 Å². The summed E-state index contributed by atoms with van der Waals surface area (Å²) < 4.78 is 41.1. The molecule has 166 valence electrons. The second-order valence-electron chi connectivity index (χ2n) is 7.73. The molecule has 1 amide bonds. The highest BCUT2D eigenvalue weighted by molar-refractivity contribution is 5.81. The van der Waals surface area contributed by atoms with E-state index in [9.17, 15) is 18.0 Å². The lowest BCUT2D eigenvalue weighted by Crippen LogP contribution is -2.45. The Morgan fingerprint density at radius 3 is 2.70 bits per heavy atom. The maximum Gasteiger partial charge on any atom is 0.422 e. The monoisotopic (exact) mass is 427 g/mol. The fraction of sp³-hybridized carbons (Fsp3) is 0.650. The van der Waals surface area contributed by atoms with Gasteiger partial charge in [0.2, 0.25) is 11.8 Å². The first kappa shape index (κ1) is 22.2. The lowest BCUT2D eigenvalue weighted by molar-refractivity contribution is -0.154. The Morgan fingerprint density at radius 1 is 1.30 bits per heavy atom. The highest BCUT2D eigenvalue weighted by Gasteiger charge is 2.32. The molecule has 2 heterocycles. The molecule has 1 aromatic rings. The van der Waals surface area contributed by atoms with Crippen LogP contribution < -0.4 is 15.4 Å². The Balaban J connectivity index is 1.42. The molecule has 2 N–H and O–H groups in total. The number of alkyl halides is 3. The summed E-state index contributed by atoms with van der Waals surface area (Å²) in [4.78, 5) is 22.6. The van der Waals surface area contributed by atoms with Gasteiger partial charge in [-0.2, -0.15) is 13.2 Å². The lowest BCUT2D eigenvalue weighted by Gasteiger charge is -2.21. The number of pyridine rings is 1. The minimum Gasteiger partial charge on any atom is -0.468 e. The standard InChI is InChI=1S/C20H28F3N5O2/c1-24-19(26-11-14-6-7-17(25-10-14)30-13-20(21,22)23)27-16-8-9-28(12-16)18(29)15-4-2-3-5-15/h6-7,10,15-16H,2-5,8-9,11-13H2,1H3,(H2,24,26,27). The Labute approximate surface area is 174 Å². The van der Waals surface area contributed by atoms with Crippen LogP contribution in [0.3, 0.4) is 0 Å². The number of likely N-dealkylation sites (tertiary alicyclic amines) is 1. The van der Waals surface area contributed by atoms with E-state index < -0.39 is 12.8 Å². The third-order valence-electron chi connectivity index (χ3n) is 5.41. The Kier molecular flexibility index (Phi) is 7.38. The van der Waals surface area contributed by atoms with Crippen LogP contribution in [0.2, 0.25) is 0 Å². The van der Waals surface area contributed by atoms with Gasteiger partial charge in [-0.1, -0.05) is 18.9 Å². The van der Waals surface area contributed by atoms with Crippen molar-refractivity contribution in [2.24, 2.45) is 10.9 Å². The molecule has 0 radical (unpaired) electrons.